The first kappa shape index (κ1) is 15.1. The smallest absolute Gasteiger partial charge is 0.169 e. The molecule has 1 aromatic heterocycles. The van der Waals surface area contributed by atoms with E-state index in [0.717, 1.165) is 5.76 Å². The topological polar surface area (TPSA) is 45.5 Å². The van der Waals surface area contributed by atoms with Gasteiger partial charge in [0.05, 0.1) is 17.9 Å². The molecular formula is C16H16BrFN2O2. The van der Waals surface area contributed by atoms with E-state index in [9.17, 15) is 9.18 Å². The second-order valence-corrected chi connectivity index (χ2v) is 6.00. The zero-order chi connectivity index (χ0) is 15.5. The number of rotatable bonds is 4. The standard InChI is InChI=1S/C16H16BrFN2O2/c17-15-5-4-12(22-15)10-19-14-3-1-2-13(18)16(14)20-8-6-11(21)7-9-20/h1-5,19H,6-10H2. The Morgan fingerprint density at radius 2 is 2.00 bits per heavy atom. The number of carbonyl (C=O) groups excluding carboxylic acids is 1. The van der Waals surface area contributed by atoms with Crippen LogP contribution >= 0.6 is 15.9 Å². The van der Waals surface area contributed by atoms with E-state index < -0.39 is 0 Å². The van der Waals surface area contributed by atoms with Crippen molar-refractivity contribution in [3.63, 3.8) is 0 Å². The van der Waals surface area contributed by atoms with E-state index in [-0.39, 0.29) is 11.6 Å². The Labute approximate surface area is 136 Å². The zero-order valence-electron chi connectivity index (χ0n) is 11.9. The first-order valence-electron chi connectivity index (χ1n) is 7.17. The fourth-order valence-electron chi connectivity index (χ4n) is 2.59. The normalized spacial score (nSPS) is 15.2. The highest BCUT2D eigenvalue weighted by molar-refractivity contribution is 9.10. The second-order valence-electron chi connectivity index (χ2n) is 5.22. The molecule has 0 radical (unpaired) electrons. The number of hydrogen-bond acceptors (Lipinski definition) is 4. The minimum Gasteiger partial charge on any atom is -0.452 e. The van der Waals surface area contributed by atoms with Crippen LogP contribution in [0.4, 0.5) is 15.8 Å². The summed E-state index contributed by atoms with van der Waals surface area (Å²) in [6.07, 6.45) is 0.942. The van der Waals surface area contributed by atoms with Gasteiger partial charge in [-0.2, -0.15) is 0 Å². The third-order valence-electron chi connectivity index (χ3n) is 3.71. The summed E-state index contributed by atoms with van der Waals surface area (Å²) in [5.41, 5.74) is 1.24. The largest absolute Gasteiger partial charge is 0.452 e. The van der Waals surface area contributed by atoms with Crippen LogP contribution in [0.25, 0.3) is 0 Å². The summed E-state index contributed by atoms with van der Waals surface area (Å²) >= 11 is 3.26. The minimum atomic E-state index is -0.278. The molecule has 1 saturated heterocycles. The summed E-state index contributed by atoms with van der Waals surface area (Å²) in [5, 5.41) is 3.21. The molecule has 0 bridgehead atoms. The van der Waals surface area contributed by atoms with E-state index in [1.807, 2.05) is 23.1 Å². The maximum atomic E-state index is 14.3. The molecule has 0 spiro atoms. The number of halogens is 2. The molecule has 6 heteroatoms. The fourth-order valence-corrected chi connectivity index (χ4v) is 2.93. The van der Waals surface area contributed by atoms with Crippen LogP contribution in [0.5, 0.6) is 0 Å². The van der Waals surface area contributed by atoms with Gasteiger partial charge in [0, 0.05) is 25.9 Å². The Kier molecular flexibility index (Phi) is 4.47. The number of anilines is 2. The van der Waals surface area contributed by atoms with Gasteiger partial charge in [-0.1, -0.05) is 6.07 Å². The fraction of sp³-hybridized carbons (Fsp3) is 0.312. The van der Waals surface area contributed by atoms with Crippen LogP contribution in [-0.4, -0.2) is 18.9 Å². The number of nitrogens with one attached hydrogen (secondary N) is 1. The van der Waals surface area contributed by atoms with Gasteiger partial charge in [-0.05, 0) is 40.2 Å². The summed E-state index contributed by atoms with van der Waals surface area (Å²) in [6, 6.07) is 8.64. The molecule has 2 heterocycles. The van der Waals surface area contributed by atoms with Crippen molar-refractivity contribution in [1.82, 2.24) is 0 Å². The summed E-state index contributed by atoms with van der Waals surface area (Å²) in [6.45, 7) is 1.58. The highest BCUT2D eigenvalue weighted by Gasteiger charge is 2.21. The van der Waals surface area contributed by atoms with Gasteiger partial charge in [-0.3, -0.25) is 4.79 Å². The Hall–Kier alpha value is -1.82. The van der Waals surface area contributed by atoms with Gasteiger partial charge in [-0.25, -0.2) is 4.39 Å². The highest BCUT2D eigenvalue weighted by atomic mass is 79.9. The van der Waals surface area contributed by atoms with Crippen LogP contribution in [0.3, 0.4) is 0 Å². The van der Waals surface area contributed by atoms with E-state index >= 15 is 0 Å². The van der Waals surface area contributed by atoms with Gasteiger partial charge < -0.3 is 14.6 Å². The van der Waals surface area contributed by atoms with Crippen molar-refractivity contribution in [1.29, 1.82) is 0 Å². The Bertz CT molecular complexity index is 677. The number of benzene rings is 1. The third-order valence-corrected chi connectivity index (χ3v) is 4.13. The predicted molar refractivity (Wildman–Crippen MR) is 86.6 cm³/mol. The molecule has 0 saturated carbocycles. The van der Waals surface area contributed by atoms with Crippen molar-refractivity contribution in [3.8, 4) is 0 Å². The van der Waals surface area contributed by atoms with E-state index in [2.05, 4.69) is 21.2 Å². The van der Waals surface area contributed by atoms with Crippen LogP contribution in [0.2, 0.25) is 0 Å². The quantitative estimate of drug-likeness (QED) is 0.889. The van der Waals surface area contributed by atoms with Gasteiger partial charge in [0.15, 0.2) is 4.67 Å². The minimum absolute atomic E-state index is 0.238. The Morgan fingerprint density at radius 1 is 1.23 bits per heavy atom. The molecule has 116 valence electrons. The van der Waals surface area contributed by atoms with Crippen molar-refractivity contribution >= 4 is 33.1 Å². The Morgan fingerprint density at radius 3 is 2.68 bits per heavy atom. The number of carbonyl (C=O) groups is 1. The molecule has 1 aliphatic heterocycles. The maximum absolute atomic E-state index is 14.3. The average Bonchev–Trinajstić information content (AvgIpc) is 2.92. The summed E-state index contributed by atoms with van der Waals surface area (Å²) in [4.78, 5) is 13.3. The van der Waals surface area contributed by atoms with E-state index in [4.69, 9.17) is 4.42 Å². The number of Topliss-reactive ketones (excluding diaryl/α,β-unsaturated/α-hetero) is 1. The van der Waals surface area contributed by atoms with E-state index in [0.29, 0.717) is 48.5 Å². The van der Waals surface area contributed by atoms with E-state index in [1.165, 1.54) is 6.07 Å². The number of nitrogens with zero attached hydrogens (tertiary/aromatic N) is 1. The van der Waals surface area contributed by atoms with Crippen molar-refractivity contribution in [3.05, 3.63) is 46.6 Å². The van der Waals surface area contributed by atoms with Crippen molar-refractivity contribution in [2.24, 2.45) is 0 Å². The lowest BCUT2D eigenvalue weighted by Gasteiger charge is -2.30. The van der Waals surface area contributed by atoms with Gasteiger partial charge in [0.2, 0.25) is 0 Å². The molecule has 4 nitrogen and oxygen atoms in total. The number of furan rings is 1. The first-order chi connectivity index (χ1) is 10.6. The molecule has 1 fully saturated rings. The molecule has 2 aromatic rings. The third kappa shape index (κ3) is 3.32. The van der Waals surface area contributed by atoms with Crippen molar-refractivity contribution in [2.75, 3.05) is 23.3 Å². The van der Waals surface area contributed by atoms with Gasteiger partial charge in [0.1, 0.15) is 17.4 Å². The monoisotopic (exact) mass is 366 g/mol. The van der Waals surface area contributed by atoms with E-state index in [1.54, 1.807) is 6.07 Å². The molecular weight excluding hydrogens is 351 g/mol. The molecule has 1 aliphatic rings. The lowest BCUT2D eigenvalue weighted by atomic mass is 10.1. The maximum Gasteiger partial charge on any atom is 0.169 e. The second kappa shape index (κ2) is 6.52. The van der Waals surface area contributed by atoms with Crippen LogP contribution in [0.1, 0.15) is 18.6 Å². The molecule has 22 heavy (non-hydrogen) atoms. The average molecular weight is 367 g/mol. The molecule has 0 amide bonds. The van der Waals surface area contributed by atoms with Crippen LogP contribution < -0.4 is 10.2 Å². The number of hydrogen-bond donors (Lipinski definition) is 1. The van der Waals surface area contributed by atoms with Crippen molar-refractivity contribution in [2.45, 2.75) is 19.4 Å². The zero-order valence-corrected chi connectivity index (χ0v) is 13.5. The number of ketones is 1. The molecule has 1 N–H and O–H groups in total. The van der Waals surface area contributed by atoms with Crippen LogP contribution in [0, 0.1) is 5.82 Å². The summed E-state index contributed by atoms with van der Waals surface area (Å²) < 4.78 is 20.4. The first-order valence-corrected chi connectivity index (χ1v) is 7.96. The summed E-state index contributed by atoms with van der Waals surface area (Å²) in [7, 11) is 0. The molecule has 1 aromatic carbocycles. The highest BCUT2D eigenvalue weighted by Crippen LogP contribution is 2.31. The number of piperidine rings is 1. The van der Waals surface area contributed by atoms with Gasteiger partial charge >= 0.3 is 0 Å². The van der Waals surface area contributed by atoms with Crippen LogP contribution in [-0.2, 0) is 11.3 Å². The van der Waals surface area contributed by atoms with Crippen molar-refractivity contribution < 1.29 is 13.6 Å². The molecule has 0 atom stereocenters. The Balaban J connectivity index is 1.78. The molecule has 0 aliphatic carbocycles. The SMILES string of the molecule is O=C1CCN(c2c(F)cccc2NCc2ccc(Br)o2)CC1. The van der Waals surface area contributed by atoms with Gasteiger partial charge in [0.25, 0.3) is 0 Å². The lowest BCUT2D eigenvalue weighted by molar-refractivity contribution is -0.119. The number of para-hydroxylation sites is 1. The summed E-state index contributed by atoms with van der Waals surface area (Å²) in [5.74, 6) is 0.721. The molecule has 0 unspecified atom stereocenters. The predicted octanol–water partition coefficient (Wildman–Crippen LogP) is 3.96. The lowest BCUT2D eigenvalue weighted by Crippen LogP contribution is -2.34. The van der Waals surface area contributed by atoms with Crippen LogP contribution in [0.15, 0.2) is 39.4 Å². The van der Waals surface area contributed by atoms with Gasteiger partial charge in [-0.15, -0.1) is 0 Å². The molecule has 3 rings (SSSR count).